The number of methoxy groups -OCH3 is 1. The van der Waals surface area contributed by atoms with Crippen LogP contribution in [-0.2, 0) is 9.53 Å². The summed E-state index contributed by atoms with van der Waals surface area (Å²) in [6.07, 6.45) is 3.19. The van der Waals surface area contributed by atoms with Crippen LogP contribution in [0.5, 0.6) is 0 Å². The molecule has 0 aromatic rings. The second-order valence-corrected chi connectivity index (χ2v) is 3.27. The summed E-state index contributed by atoms with van der Waals surface area (Å²) < 4.78 is 4.42. The number of carbonyl (C=O) groups excluding carboxylic acids is 1. The number of nitrogens with zero attached hydrogens (tertiary/aromatic N) is 1. The number of rotatable bonds is 1. The molecule has 0 saturated carbocycles. The Morgan fingerprint density at radius 1 is 1.69 bits per heavy atom. The maximum atomic E-state index is 10.7. The highest BCUT2D eigenvalue weighted by atomic mass is 16.5. The van der Waals surface area contributed by atoms with Crippen molar-refractivity contribution in [1.29, 1.82) is 0 Å². The van der Waals surface area contributed by atoms with Crippen LogP contribution in [0.1, 0.15) is 19.3 Å². The van der Waals surface area contributed by atoms with Crippen molar-refractivity contribution in [2.45, 2.75) is 25.3 Å². The van der Waals surface area contributed by atoms with E-state index in [-0.39, 0.29) is 0 Å². The van der Waals surface area contributed by atoms with E-state index in [1.807, 2.05) is 0 Å². The van der Waals surface area contributed by atoms with Crippen molar-refractivity contribution in [3.8, 4) is 11.8 Å². The van der Waals surface area contributed by atoms with E-state index in [1.165, 1.54) is 20.0 Å². The zero-order valence-electron chi connectivity index (χ0n) is 8.17. The van der Waals surface area contributed by atoms with Gasteiger partial charge in [-0.25, -0.2) is 4.79 Å². The lowest BCUT2D eigenvalue weighted by atomic mass is 10.1. The average molecular weight is 181 g/mol. The molecule has 72 valence electrons. The van der Waals surface area contributed by atoms with Crippen molar-refractivity contribution in [2.24, 2.45) is 0 Å². The summed E-state index contributed by atoms with van der Waals surface area (Å²) in [7, 11) is 3.44. The van der Waals surface area contributed by atoms with Gasteiger partial charge in [0.2, 0.25) is 0 Å². The number of hydrogen-bond donors (Lipinski definition) is 0. The third kappa shape index (κ3) is 3.08. The van der Waals surface area contributed by atoms with E-state index in [2.05, 4.69) is 28.5 Å². The van der Waals surface area contributed by atoms with E-state index in [4.69, 9.17) is 0 Å². The molecular weight excluding hydrogens is 166 g/mol. The minimum atomic E-state index is -0.444. The van der Waals surface area contributed by atoms with Crippen molar-refractivity contribution in [2.75, 3.05) is 20.7 Å². The van der Waals surface area contributed by atoms with Gasteiger partial charge < -0.3 is 9.64 Å². The number of hydrogen-bond acceptors (Lipinski definition) is 3. The molecule has 1 saturated heterocycles. The molecule has 3 heteroatoms. The Morgan fingerprint density at radius 2 is 2.46 bits per heavy atom. The zero-order valence-corrected chi connectivity index (χ0v) is 8.17. The third-order valence-electron chi connectivity index (χ3n) is 2.39. The SMILES string of the molecule is COC(=O)C#CCC1CCCN1C. The second-order valence-electron chi connectivity index (χ2n) is 3.27. The van der Waals surface area contributed by atoms with E-state index < -0.39 is 5.97 Å². The van der Waals surface area contributed by atoms with Crippen LogP contribution in [0.4, 0.5) is 0 Å². The van der Waals surface area contributed by atoms with Crippen LogP contribution < -0.4 is 0 Å². The van der Waals surface area contributed by atoms with Gasteiger partial charge in [-0.05, 0) is 26.4 Å². The van der Waals surface area contributed by atoms with Crippen LogP contribution in [0.3, 0.4) is 0 Å². The Bertz CT molecular complexity index is 239. The average Bonchev–Trinajstić information content (AvgIpc) is 2.52. The fourth-order valence-electron chi connectivity index (χ4n) is 1.53. The van der Waals surface area contributed by atoms with Crippen LogP contribution in [0.15, 0.2) is 0 Å². The summed E-state index contributed by atoms with van der Waals surface area (Å²) in [5.41, 5.74) is 0. The first-order valence-corrected chi connectivity index (χ1v) is 4.51. The molecule has 0 bridgehead atoms. The monoisotopic (exact) mass is 181 g/mol. The van der Waals surface area contributed by atoms with Gasteiger partial charge in [0.25, 0.3) is 0 Å². The van der Waals surface area contributed by atoms with Gasteiger partial charge in [0, 0.05) is 18.4 Å². The van der Waals surface area contributed by atoms with E-state index >= 15 is 0 Å². The normalized spacial score (nSPS) is 22.2. The van der Waals surface area contributed by atoms with Crippen molar-refractivity contribution < 1.29 is 9.53 Å². The lowest BCUT2D eigenvalue weighted by Crippen LogP contribution is -2.24. The summed E-state index contributed by atoms with van der Waals surface area (Å²) in [6, 6.07) is 0.525. The smallest absolute Gasteiger partial charge is 0.384 e. The van der Waals surface area contributed by atoms with E-state index in [0.29, 0.717) is 6.04 Å². The molecule has 0 radical (unpaired) electrons. The highest BCUT2D eigenvalue weighted by Crippen LogP contribution is 2.16. The molecule has 0 spiro atoms. The molecule has 13 heavy (non-hydrogen) atoms. The van der Waals surface area contributed by atoms with Crippen LogP contribution in [0.25, 0.3) is 0 Å². The van der Waals surface area contributed by atoms with E-state index in [1.54, 1.807) is 0 Å². The zero-order chi connectivity index (χ0) is 9.68. The molecule has 1 fully saturated rings. The largest absolute Gasteiger partial charge is 0.459 e. The summed E-state index contributed by atoms with van der Waals surface area (Å²) in [5.74, 6) is 4.84. The quantitative estimate of drug-likeness (QED) is 0.338. The van der Waals surface area contributed by atoms with Gasteiger partial charge in [0.1, 0.15) is 0 Å². The Morgan fingerprint density at radius 3 is 3.00 bits per heavy atom. The van der Waals surface area contributed by atoms with Gasteiger partial charge >= 0.3 is 5.97 Å². The Hall–Kier alpha value is -1.01. The van der Waals surface area contributed by atoms with E-state index in [0.717, 1.165) is 13.0 Å². The molecular formula is C10H15NO2. The molecule has 0 N–H and O–H groups in total. The molecule has 1 aliphatic heterocycles. The predicted octanol–water partition coefficient (Wildman–Crippen LogP) is 0.647. The first-order valence-electron chi connectivity index (χ1n) is 4.51. The first-order chi connectivity index (χ1) is 6.24. The minimum Gasteiger partial charge on any atom is -0.459 e. The van der Waals surface area contributed by atoms with Crippen LogP contribution in [0, 0.1) is 11.8 Å². The van der Waals surface area contributed by atoms with Gasteiger partial charge in [0.05, 0.1) is 7.11 Å². The highest BCUT2D eigenvalue weighted by molar-refractivity contribution is 5.88. The fraction of sp³-hybridized carbons (Fsp3) is 0.700. The molecule has 0 aliphatic carbocycles. The first kappa shape index (κ1) is 10.1. The maximum Gasteiger partial charge on any atom is 0.384 e. The van der Waals surface area contributed by atoms with Gasteiger partial charge in [0.15, 0.2) is 0 Å². The topological polar surface area (TPSA) is 29.5 Å². The molecule has 1 aliphatic rings. The van der Waals surface area contributed by atoms with Gasteiger partial charge in [-0.1, -0.05) is 5.92 Å². The molecule has 1 heterocycles. The Balaban J connectivity index is 2.31. The molecule has 1 unspecified atom stereocenters. The van der Waals surface area contributed by atoms with Crippen LogP contribution >= 0.6 is 0 Å². The lowest BCUT2D eigenvalue weighted by Gasteiger charge is -2.15. The predicted molar refractivity (Wildman–Crippen MR) is 50.1 cm³/mol. The molecule has 0 amide bonds. The Labute approximate surface area is 79.1 Å². The van der Waals surface area contributed by atoms with Crippen molar-refractivity contribution in [3.05, 3.63) is 0 Å². The summed E-state index contributed by atoms with van der Waals surface area (Å²) in [6.45, 7) is 1.14. The van der Waals surface area contributed by atoms with Crippen molar-refractivity contribution in [3.63, 3.8) is 0 Å². The van der Waals surface area contributed by atoms with Gasteiger partial charge in [-0.15, -0.1) is 0 Å². The minimum absolute atomic E-state index is 0.444. The summed E-state index contributed by atoms with van der Waals surface area (Å²) in [5, 5.41) is 0. The van der Waals surface area contributed by atoms with Crippen molar-refractivity contribution >= 4 is 5.97 Å². The number of esters is 1. The highest BCUT2D eigenvalue weighted by Gasteiger charge is 2.19. The fourth-order valence-corrected chi connectivity index (χ4v) is 1.53. The van der Waals surface area contributed by atoms with Gasteiger partial charge in [-0.3, -0.25) is 0 Å². The lowest BCUT2D eigenvalue weighted by molar-refractivity contribution is -0.133. The van der Waals surface area contributed by atoms with Gasteiger partial charge in [-0.2, -0.15) is 0 Å². The van der Waals surface area contributed by atoms with Crippen molar-refractivity contribution in [1.82, 2.24) is 4.90 Å². The molecule has 0 aromatic heterocycles. The van der Waals surface area contributed by atoms with E-state index in [9.17, 15) is 4.79 Å². The molecule has 3 nitrogen and oxygen atoms in total. The Kier molecular flexibility index (Phi) is 3.78. The maximum absolute atomic E-state index is 10.7. The standard InChI is InChI=1S/C10H15NO2/c1-11-8-4-6-9(11)5-3-7-10(12)13-2/h9H,4-6,8H2,1-2H3. The number of ether oxygens (including phenoxy) is 1. The molecule has 0 aromatic carbocycles. The third-order valence-corrected chi connectivity index (χ3v) is 2.39. The second kappa shape index (κ2) is 4.88. The molecule has 1 atom stereocenters. The summed E-state index contributed by atoms with van der Waals surface area (Å²) >= 11 is 0. The summed E-state index contributed by atoms with van der Waals surface area (Å²) in [4.78, 5) is 12.9. The van der Waals surface area contributed by atoms with Crippen LogP contribution in [0.2, 0.25) is 0 Å². The molecule has 1 rings (SSSR count). The number of likely N-dealkylation sites (tertiary alicyclic amines) is 1. The number of carbonyl (C=O) groups is 1. The van der Waals surface area contributed by atoms with Crippen LogP contribution in [-0.4, -0.2) is 37.6 Å².